The van der Waals surface area contributed by atoms with Gasteiger partial charge in [-0.3, -0.25) is 4.98 Å². The third kappa shape index (κ3) is 3.42. The van der Waals surface area contributed by atoms with E-state index in [2.05, 4.69) is 69.6 Å². The van der Waals surface area contributed by atoms with Crippen molar-refractivity contribution in [1.82, 2.24) is 4.98 Å². The molecule has 0 amide bonds. The normalized spacial score (nSPS) is 12.3. The van der Waals surface area contributed by atoms with Crippen molar-refractivity contribution in [2.75, 3.05) is 5.32 Å². The Labute approximate surface area is 133 Å². The van der Waals surface area contributed by atoms with Crippen LogP contribution >= 0.6 is 15.9 Å². The molecule has 1 atom stereocenters. The van der Waals surface area contributed by atoms with E-state index in [-0.39, 0.29) is 0 Å². The first-order chi connectivity index (χ1) is 10.2. The van der Waals surface area contributed by atoms with Gasteiger partial charge < -0.3 is 5.32 Å². The standard InChI is InChI=1S/C18H17BrN2/c1-13(12-14-7-9-15(19)10-8-14)21-18-6-2-5-17-16(18)4-3-11-20-17/h2-11,13,21H,12H2,1H3. The van der Waals surface area contributed by atoms with E-state index in [0.29, 0.717) is 6.04 Å². The first-order valence-electron chi connectivity index (χ1n) is 7.07. The van der Waals surface area contributed by atoms with Crippen molar-refractivity contribution in [3.8, 4) is 0 Å². The van der Waals surface area contributed by atoms with Crippen LogP contribution in [0.25, 0.3) is 10.9 Å². The summed E-state index contributed by atoms with van der Waals surface area (Å²) in [6.07, 6.45) is 2.82. The van der Waals surface area contributed by atoms with Crippen molar-refractivity contribution >= 4 is 32.5 Å². The van der Waals surface area contributed by atoms with E-state index < -0.39 is 0 Å². The number of pyridine rings is 1. The fourth-order valence-corrected chi connectivity index (χ4v) is 2.78. The van der Waals surface area contributed by atoms with Crippen LogP contribution < -0.4 is 5.32 Å². The number of benzene rings is 2. The van der Waals surface area contributed by atoms with Gasteiger partial charge >= 0.3 is 0 Å². The molecule has 2 aromatic carbocycles. The average Bonchev–Trinajstić information content (AvgIpc) is 2.50. The molecule has 0 radical (unpaired) electrons. The lowest BCUT2D eigenvalue weighted by Crippen LogP contribution is -2.18. The molecule has 0 aliphatic carbocycles. The van der Waals surface area contributed by atoms with Gasteiger partial charge in [-0.1, -0.05) is 34.1 Å². The molecule has 3 heteroatoms. The van der Waals surface area contributed by atoms with E-state index in [4.69, 9.17) is 0 Å². The van der Waals surface area contributed by atoms with Crippen LogP contribution in [0.3, 0.4) is 0 Å². The molecule has 1 unspecified atom stereocenters. The van der Waals surface area contributed by atoms with E-state index in [9.17, 15) is 0 Å². The molecular weight excluding hydrogens is 324 g/mol. The second kappa shape index (κ2) is 6.27. The fourth-order valence-electron chi connectivity index (χ4n) is 2.52. The number of fused-ring (bicyclic) bond motifs is 1. The first kappa shape index (κ1) is 14.1. The van der Waals surface area contributed by atoms with Crippen molar-refractivity contribution < 1.29 is 0 Å². The summed E-state index contributed by atoms with van der Waals surface area (Å²) >= 11 is 3.47. The highest BCUT2D eigenvalue weighted by atomic mass is 79.9. The van der Waals surface area contributed by atoms with Crippen LogP contribution in [-0.4, -0.2) is 11.0 Å². The summed E-state index contributed by atoms with van der Waals surface area (Å²) < 4.78 is 1.12. The summed E-state index contributed by atoms with van der Waals surface area (Å²) in [5, 5.41) is 4.77. The van der Waals surface area contributed by atoms with Crippen molar-refractivity contribution in [2.24, 2.45) is 0 Å². The zero-order chi connectivity index (χ0) is 14.7. The maximum absolute atomic E-state index is 4.40. The predicted octanol–water partition coefficient (Wildman–Crippen LogP) is 5.04. The number of anilines is 1. The zero-order valence-corrected chi connectivity index (χ0v) is 13.5. The minimum absolute atomic E-state index is 0.358. The van der Waals surface area contributed by atoms with E-state index in [1.54, 1.807) is 0 Å². The molecule has 0 saturated carbocycles. The van der Waals surface area contributed by atoms with Gasteiger partial charge in [0.2, 0.25) is 0 Å². The third-order valence-electron chi connectivity index (χ3n) is 3.50. The Morgan fingerprint density at radius 1 is 1.05 bits per heavy atom. The Morgan fingerprint density at radius 2 is 1.86 bits per heavy atom. The zero-order valence-electron chi connectivity index (χ0n) is 11.9. The Balaban J connectivity index is 1.77. The average molecular weight is 341 g/mol. The largest absolute Gasteiger partial charge is 0.382 e. The van der Waals surface area contributed by atoms with Crippen LogP contribution in [0.2, 0.25) is 0 Å². The molecule has 1 aromatic heterocycles. The lowest BCUT2D eigenvalue weighted by Gasteiger charge is -2.17. The van der Waals surface area contributed by atoms with E-state index in [0.717, 1.165) is 22.1 Å². The van der Waals surface area contributed by atoms with Gasteiger partial charge in [-0.05, 0) is 55.3 Å². The van der Waals surface area contributed by atoms with Gasteiger partial charge in [-0.15, -0.1) is 0 Å². The van der Waals surface area contributed by atoms with Crippen LogP contribution in [0.5, 0.6) is 0 Å². The van der Waals surface area contributed by atoms with Crippen molar-refractivity contribution in [3.63, 3.8) is 0 Å². The maximum atomic E-state index is 4.40. The van der Waals surface area contributed by atoms with Crippen LogP contribution in [0, 0.1) is 0 Å². The Kier molecular flexibility index (Phi) is 4.20. The molecule has 1 N–H and O–H groups in total. The number of aromatic nitrogens is 1. The number of halogens is 1. The topological polar surface area (TPSA) is 24.9 Å². The highest BCUT2D eigenvalue weighted by Crippen LogP contribution is 2.22. The predicted molar refractivity (Wildman–Crippen MR) is 92.7 cm³/mol. The number of nitrogens with zero attached hydrogens (tertiary/aromatic N) is 1. The fraction of sp³-hybridized carbons (Fsp3) is 0.167. The first-order valence-corrected chi connectivity index (χ1v) is 7.86. The van der Waals surface area contributed by atoms with E-state index in [1.807, 2.05) is 24.4 Å². The summed E-state index contributed by atoms with van der Waals surface area (Å²) in [6.45, 7) is 2.21. The lowest BCUT2D eigenvalue weighted by molar-refractivity contribution is 0.791. The van der Waals surface area contributed by atoms with Crippen LogP contribution in [0.4, 0.5) is 5.69 Å². The van der Waals surface area contributed by atoms with Crippen molar-refractivity contribution in [3.05, 3.63) is 70.8 Å². The highest BCUT2D eigenvalue weighted by molar-refractivity contribution is 9.10. The summed E-state index contributed by atoms with van der Waals surface area (Å²) in [7, 11) is 0. The Bertz CT molecular complexity index is 732. The Morgan fingerprint density at radius 3 is 2.67 bits per heavy atom. The van der Waals surface area contributed by atoms with E-state index >= 15 is 0 Å². The summed E-state index contributed by atoms with van der Waals surface area (Å²) in [6, 6.07) is 19.1. The summed E-state index contributed by atoms with van der Waals surface area (Å²) in [5.74, 6) is 0. The minimum atomic E-state index is 0.358. The SMILES string of the molecule is CC(Cc1ccc(Br)cc1)Nc1cccc2ncccc12. The molecule has 21 heavy (non-hydrogen) atoms. The molecule has 0 bridgehead atoms. The number of rotatable bonds is 4. The second-order valence-corrected chi connectivity index (χ2v) is 6.17. The van der Waals surface area contributed by atoms with Crippen LogP contribution in [0.15, 0.2) is 65.3 Å². The summed E-state index contributed by atoms with van der Waals surface area (Å²) in [4.78, 5) is 4.40. The number of hydrogen-bond acceptors (Lipinski definition) is 2. The molecule has 2 nitrogen and oxygen atoms in total. The van der Waals surface area contributed by atoms with Gasteiger partial charge in [0.1, 0.15) is 0 Å². The molecule has 0 aliphatic heterocycles. The van der Waals surface area contributed by atoms with Gasteiger partial charge in [-0.25, -0.2) is 0 Å². The molecule has 106 valence electrons. The summed E-state index contributed by atoms with van der Waals surface area (Å²) in [5.41, 5.74) is 3.50. The molecule has 3 rings (SSSR count). The molecule has 0 spiro atoms. The van der Waals surface area contributed by atoms with E-state index in [1.165, 1.54) is 10.9 Å². The van der Waals surface area contributed by atoms with Gasteiger partial charge in [0.05, 0.1) is 5.52 Å². The lowest BCUT2D eigenvalue weighted by atomic mass is 10.1. The molecule has 0 saturated heterocycles. The maximum Gasteiger partial charge on any atom is 0.0722 e. The van der Waals surface area contributed by atoms with Crippen molar-refractivity contribution in [1.29, 1.82) is 0 Å². The molecular formula is C18H17BrN2. The second-order valence-electron chi connectivity index (χ2n) is 5.25. The Hall–Kier alpha value is -1.87. The van der Waals surface area contributed by atoms with Crippen molar-refractivity contribution in [2.45, 2.75) is 19.4 Å². The van der Waals surface area contributed by atoms with Gasteiger partial charge in [0, 0.05) is 27.8 Å². The number of nitrogens with one attached hydrogen (secondary N) is 1. The molecule has 3 aromatic rings. The quantitative estimate of drug-likeness (QED) is 0.719. The highest BCUT2D eigenvalue weighted by Gasteiger charge is 2.06. The smallest absolute Gasteiger partial charge is 0.0722 e. The minimum Gasteiger partial charge on any atom is -0.382 e. The van der Waals surface area contributed by atoms with Crippen LogP contribution in [-0.2, 0) is 6.42 Å². The monoisotopic (exact) mass is 340 g/mol. The van der Waals surface area contributed by atoms with Gasteiger partial charge in [0.15, 0.2) is 0 Å². The van der Waals surface area contributed by atoms with Crippen LogP contribution in [0.1, 0.15) is 12.5 Å². The third-order valence-corrected chi connectivity index (χ3v) is 4.03. The molecule has 0 aliphatic rings. The number of hydrogen-bond donors (Lipinski definition) is 1. The van der Waals surface area contributed by atoms with Gasteiger partial charge in [0.25, 0.3) is 0 Å². The molecule has 1 heterocycles. The van der Waals surface area contributed by atoms with Gasteiger partial charge in [-0.2, -0.15) is 0 Å². The molecule has 0 fully saturated rings.